The van der Waals surface area contributed by atoms with Gasteiger partial charge in [0, 0.05) is 23.9 Å². The molecule has 0 aliphatic rings. The van der Waals surface area contributed by atoms with Gasteiger partial charge in [0.15, 0.2) is 5.78 Å². The van der Waals surface area contributed by atoms with Crippen molar-refractivity contribution in [1.82, 2.24) is 4.98 Å². The molecule has 0 saturated carbocycles. The van der Waals surface area contributed by atoms with Crippen LogP contribution >= 0.6 is 0 Å². The Balaban J connectivity index is 2.78. The van der Waals surface area contributed by atoms with E-state index in [1.807, 2.05) is 19.9 Å². The minimum Gasteiger partial charge on any atom is -0.294 e. The Labute approximate surface area is 78.3 Å². The zero-order valence-corrected chi connectivity index (χ0v) is 8.00. The molecule has 0 aromatic carbocycles. The molecule has 1 heterocycles. The van der Waals surface area contributed by atoms with E-state index < -0.39 is 0 Å². The van der Waals surface area contributed by atoms with Crippen LogP contribution in [0.15, 0.2) is 30.5 Å². The van der Waals surface area contributed by atoms with Crippen LogP contribution in [-0.4, -0.2) is 10.8 Å². The zero-order valence-electron chi connectivity index (χ0n) is 8.00. The number of hydrogen-bond acceptors (Lipinski definition) is 2. The lowest BCUT2D eigenvalue weighted by Crippen LogP contribution is -2.00. The second kappa shape index (κ2) is 3.99. The third kappa shape index (κ3) is 2.82. The lowest BCUT2D eigenvalue weighted by atomic mass is 10.1. The number of rotatable bonds is 3. The van der Waals surface area contributed by atoms with Crippen LogP contribution in [0, 0.1) is 6.92 Å². The summed E-state index contributed by atoms with van der Waals surface area (Å²) in [5.41, 5.74) is 2.46. The van der Waals surface area contributed by atoms with E-state index in [2.05, 4.69) is 11.6 Å². The molecule has 68 valence electrons. The Hall–Kier alpha value is -1.44. The standard InChI is InChI=1S/C11H13NO/c1-8(2)6-11(13)10-5-4-9(3)12-7-10/h4-5,7H,1,6H2,2-3H3. The van der Waals surface area contributed by atoms with Gasteiger partial charge in [-0.3, -0.25) is 9.78 Å². The Bertz CT molecular complexity index is 324. The molecular formula is C11H13NO. The number of hydrogen-bond donors (Lipinski definition) is 0. The van der Waals surface area contributed by atoms with Gasteiger partial charge in [-0.05, 0) is 26.0 Å². The summed E-state index contributed by atoms with van der Waals surface area (Å²) in [6.45, 7) is 7.44. The van der Waals surface area contributed by atoms with Crippen molar-refractivity contribution < 1.29 is 4.79 Å². The van der Waals surface area contributed by atoms with Crippen molar-refractivity contribution >= 4 is 5.78 Å². The third-order valence-corrected chi connectivity index (χ3v) is 1.70. The summed E-state index contributed by atoms with van der Waals surface area (Å²) in [5, 5.41) is 0. The maximum atomic E-state index is 11.5. The second-order valence-corrected chi connectivity index (χ2v) is 3.25. The summed E-state index contributed by atoms with van der Waals surface area (Å²) in [6.07, 6.45) is 2.02. The first kappa shape index (κ1) is 9.65. The Morgan fingerprint density at radius 1 is 1.54 bits per heavy atom. The molecule has 2 heteroatoms. The lowest BCUT2D eigenvalue weighted by Gasteiger charge is -1.99. The molecule has 13 heavy (non-hydrogen) atoms. The molecule has 0 bridgehead atoms. The van der Waals surface area contributed by atoms with Crippen LogP contribution in [0.5, 0.6) is 0 Å². The molecule has 0 N–H and O–H groups in total. The van der Waals surface area contributed by atoms with Crippen LogP contribution < -0.4 is 0 Å². The van der Waals surface area contributed by atoms with Crippen molar-refractivity contribution in [1.29, 1.82) is 0 Å². The van der Waals surface area contributed by atoms with Crippen molar-refractivity contribution in [3.8, 4) is 0 Å². The second-order valence-electron chi connectivity index (χ2n) is 3.25. The quantitative estimate of drug-likeness (QED) is 0.522. The molecule has 0 saturated heterocycles. The molecule has 1 rings (SSSR count). The van der Waals surface area contributed by atoms with E-state index in [9.17, 15) is 4.79 Å². The van der Waals surface area contributed by atoms with Gasteiger partial charge in [0.1, 0.15) is 0 Å². The van der Waals surface area contributed by atoms with Gasteiger partial charge in [0.05, 0.1) is 0 Å². The number of Topliss-reactive ketones (excluding diaryl/α,β-unsaturated/α-hetero) is 1. The lowest BCUT2D eigenvalue weighted by molar-refractivity contribution is 0.0993. The molecule has 0 spiro atoms. The van der Waals surface area contributed by atoms with Crippen LogP contribution in [0.25, 0.3) is 0 Å². The SMILES string of the molecule is C=C(C)CC(=O)c1ccc(C)nc1. The first-order valence-corrected chi connectivity index (χ1v) is 4.20. The number of carbonyl (C=O) groups excluding carboxylic acids is 1. The highest BCUT2D eigenvalue weighted by atomic mass is 16.1. The van der Waals surface area contributed by atoms with Crippen LogP contribution in [-0.2, 0) is 0 Å². The smallest absolute Gasteiger partial charge is 0.168 e. The molecule has 1 aromatic rings. The fourth-order valence-corrected chi connectivity index (χ4v) is 1.01. The topological polar surface area (TPSA) is 30.0 Å². The van der Waals surface area contributed by atoms with Crippen molar-refractivity contribution in [2.24, 2.45) is 0 Å². The fraction of sp³-hybridized carbons (Fsp3) is 0.273. The normalized spacial score (nSPS) is 9.69. The summed E-state index contributed by atoms with van der Waals surface area (Å²) in [5.74, 6) is 0.0833. The maximum absolute atomic E-state index is 11.5. The number of ketones is 1. The van der Waals surface area contributed by atoms with Gasteiger partial charge >= 0.3 is 0 Å². The van der Waals surface area contributed by atoms with Crippen LogP contribution in [0.3, 0.4) is 0 Å². The Kier molecular flexibility index (Phi) is 2.96. The number of allylic oxidation sites excluding steroid dienone is 1. The van der Waals surface area contributed by atoms with Crippen molar-refractivity contribution in [3.05, 3.63) is 41.7 Å². The van der Waals surface area contributed by atoms with Crippen molar-refractivity contribution in [2.75, 3.05) is 0 Å². The number of nitrogens with zero attached hydrogens (tertiary/aromatic N) is 1. The largest absolute Gasteiger partial charge is 0.294 e. The van der Waals surface area contributed by atoms with Crippen molar-refractivity contribution in [2.45, 2.75) is 20.3 Å². The summed E-state index contributed by atoms with van der Waals surface area (Å²) >= 11 is 0. The van der Waals surface area contributed by atoms with Gasteiger partial charge in [0.25, 0.3) is 0 Å². The van der Waals surface area contributed by atoms with E-state index >= 15 is 0 Å². The number of aromatic nitrogens is 1. The summed E-state index contributed by atoms with van der Waals surface area (Å²) in [4.78, 5) is 15.5. The molecule has 0 radical (unpaired) electrons. The highest BCUT2D eigenvalue weighted by Gasteiger charge is 2.05. The zero-order chi connectivity index (χ0) is 9.84. The minimum atomic E-state index is 0.0833. The first-order valence-electron chi connectivity index (χ1n) is 4.20. The summed E-state index contributed by atoms with van der Waals surface area (Å²) in [7, 11) is 0. The highest BCUT2D eigenvalue weighted by molar-refractivity contribution is 5.97. The highest BCUT2D eigenvalue weighted by Crippen LogP contribution is 2.06. The Morgan fingerprint density at radius 2 is 2.23 bits per heavy atom. The van der Waals surface area contributed by atoms with E-state index in [0.29, 0.717) is 12.0 Å². The van der Waals surface area contributed by atoms with E-state index in [1.165, 1.54) is 0 Å². The molecule has 0 fully saturated rings. The van der Waals surface area contributed by atoms with E-state index in [-0.39, 0.29) is 5.78 Å². The summed E-state index contributed by atoms with van der Waals surface area (Å²) in [6, 6.07) is 3.64. The van der Waals surface area contributed by atoms with Gasteiger partial charge in [-0.25, -0.2) is 0 Å². The molecule has 0 aliphatic carbocycles. The number of carbonyl (C=O) groups is 1. The molecule has 0 aliphatic heterocycles. The third-order valence-electron chi connectivity index (χ3n) is 1.70. The van der Waals surface area contributed by atoms with E-state index in [1.54, 1.807) is 12.3 Å². The number of pyridine rings is 1. The molecule has 0 atom stereocenters. The van der Waals surface area contributed by atoms with Gasteiger partial charge in [-0.15, -0.1) is 0 Å². The van der Waals surface area contributed by atoms with Gasteiger partial charge in [-0.1, -0.05) is 12.2 Å². The van der Waals surface area contributed by atoms with Gasteiger partial charge in [-0.2, -0.15) is 0 Å². The fourth-order valence-electron chi connectivity index (χ4n) is 1.01. The predicted molar refractivity (Wildman–Crippen MR) is 52.7 cm³/mol. The van der Waals surface area contributed by atoms with Crippen molar-refractivity contribution in [3.63, 3.8) is 0 Å². The van der Waals surface area contributed by atoms with Gasteiger partial charge < -0.3 is 0 Å². The van der Waals surface area contributed by atoms with Crippen LogP contribution in [0.2, 0.25) is 0 Å². The van der Waals surface area contributed by atoms with Crippen LogP contribution in [0.1, 0.15) is 29.4 Å². The Morgan fingerprint density at radius 3 is 2.69 bits per heavy atom. The van der Waals surface area contributed by atoms with E-state index in [4.69, 9.17) is 0 Å². The van der Waals surface area contributed by atoms with Gasteiger partial charge in [0.2, 0.25) is 0 Å². The molecular weight excluding hydrogens is 162 g/mol. The molecule has 0 amide bonds. The van der Waals surface area contributed by atoms with Crippen LogP contribution in [0.4, 0.5) is 0 Å². The summed E-state index contributed by atoms with van der Waals surface area (Å²) < 4.78 is 0. The van der Waals surface area contributed by atoms with E-state index in [0.717, 1.165) is 11.3 Å². The molecule has 2 nitrogen and oxygen atoms in total. The first-order chi connectivity index (χ1) is 6.09. The molecule has 1 aromatic heterocycles. The monoisotopic (exact) mass is 175 g/mol. The average molecular weight is 175 g/mol. The number of aryl methyl sites for hydroxylation is 1. The average Bonchev–Trinajstić information content (AvgIpc) is 2.04. The predicted octanol–water partition coefficient (Wildman–Crippen LogP) is 2.54. The maximum Gasteiger partial charge on any atom is 0.168 e. The molecule has 0 unspecified atom stereocenters. The minimum absolute atomic E-state index is 0.0833.